The predicted octanol–water partition coefficient (Wildman–Crippen LogP) is 2.96. The summed E-state index contributed by atoms with van der Waals surface area (Å²) in [5, 5.41) is 5.18. The Morgan fingerprint density at radius 3 is 2.37 bits per heavy atom. The number of imide groups is 1. The van der Waals surface area contributed by atoms with Crippen molar-refractivity contribution in [2.75, 3.05) is 5.32 Å². The lowest BCUT2D eigenvalue weighted by Crippen LogP contribution is -2.99. The van der Waals surface area contributed by atoms with E-state index >= 15 is 0 Å². The number of quaternary nitrogens is 1. The molecule has 2 aromatic rings. The molecular formula is C29H34N3O3+. The van der Waals surface area contributed by atoms with Gasteiger partial charge in [0.05, 0.1) is 5.69 Å². The van der Waals surface area contributed by atoms with Gasteiger partial charge in [0.15, 0.2) is 0 Å². The van der Waals surface area contributed by atoms with Gasteiger partial charge in [0.25, 0.3) is 5.91 Å². The van der Waals surface area contributed by atoms with Crippen molar-refractivity contribution in [3.8, 4) is 0 Å². The van der Waals surface area contributed by atoms with Gasteiger partial charge in [-0.2, -0.15) is 0 Å². The van der Waals surface area contributed by atoms with Gasteiger partial charge in [-0.05, 0) is 49.4 Å². The van der Waals surface area contributed by atoms with E-state index in [1.807, 2.05) is 44.2 Å². The molecule has 4 atom stereocenters. The Bertz CT molecular complexity index is 1200. The lowest BCUT2D eigenvalue weighted by atomic mass is 9.75. The summed E-state index contributed by atoms with van der Waals surface area (Å²) in [6.45, 7) is 4.05. The van der Waals surface area contributed by atoms with Gasteiger partial charge < -0.3 is 10.6 Å². The summed E-state index contributed by atoms with van der Waals surface area (Å²) < 4.78 is 0. The number of nitrogens with two attached hydrogens (primary N) is 1. The van der Waals surface area contributed by atoms with E-state index in [4.69, 9.17) is 0 Å². The zero-order valence-electron chi connectivity index (χ0n) is 20.5. The monoisotopic (exact) mass is 472 g/mol. The van der Waals surface area contributed by atoms with Crippen LogP contribution in [0.15, 0.2) is 42.5 Å². The Hall–Kier alpha value is -2.99. The largest absolute Gasteiger partial charge is 0.326 e. The van der Waals surface area contributed by atoms with Crippen molar-refractivity contribution in [3.05, 3.63) is 64.7 Å². The molecule has 3 N–H and O–H groups in total. The molecule has 0 bridgehead atoms. The lowest BCUT2D eigenvalue weighted by Gasteiger charge is -2.30. The molecule has 1 saturated carbocycles. The second kappa shape index (κ2) is 8.30. The van der Waals surface area contributed by atoms with Crippen LogP contribution in [-0.4, -0.2) is 34.7 Å². The van der Waals surface area contributed by atoms with E-state index in [0.29, 0.717) is 6.42 Å². The highest BCUT2D eigenvalue weighted by atomic mass is 16.2. The predicted molar refractivity (Wildman–Crippen MR) is 132 cm³/mol. The number of likely N-dealkylation sites (tertiary alicyclic amines) is 1. The Balaban J connectivity index is 1.47. The lowest BCUT2D eigenvalue weighted by molar-refractivity contribution is -0.733. The third kappa shape index (κ3) is 3.22. The number of nitrogens with one attached hydrogen (secondary N) is 1. The summed E-state index contributed by atoms with van der Waals surface area (Å²) in [5.41, 5.74) is 3.84. The molecule has 0 aromatic heterocycles. The van der Waals surface area contributed by atoms with E-state index in [0.717, 1.165) is 66.5 Å². The van der Waals surface area contributed by atoms with Crippen LogP contribution in [0.25, 0.3) is 0 Å². The Morgan fingerprint density at radius 2 is 1.66 bits per heavy atom. The fourth-order valence-corrected chi connectivity index (χ4v) is 7.25. The summed E-state index contributed by atoms with van der Waals surface area (Å²) in [5.74, 6) is -1.53. The van der Waals surface area contributed by atoms with E-state index in [1.54, 1.807) is 4.90 Å². The second-order valence-electron chi connectivity index (χ2n) is 11.0. The molecule has 3 fully saturated rings. The fraction of sp³-hybridized carbons (Fsp3) is 0.483. The Kier molecular flexibility index (Phi) is 5.33. The highest BCUT2D eigenvalue weighted by molar-refractivity contribution is 6.14. The molecule has 4 aliphatic rings. The summed E-state index contributed by atoms with van der Waals surface area (Å²) in [6.07, 6.45) is 6.79. The van der Waals surface area contributed by atoms with Gasteiger partial charge in [-0.25, -0.2) is 0 Å². The average molecular weight is 473 g/mol. The topological polar surface area (TPSA) is 83.1 Å². The molecule has 6 rings (SSSR count). The number of carbonyl (C=O) groups excluding carboxylic acids is 3. The molecule has 0 unspecified atom stereocenters. The molecular weight excluding hydrogens is 438 g/mol. The molecule has 35 heavy (non-hydrogen) atoms. The SMILES string of the molecule is Cc1ccc2c(c1C)NC(=O)[C@]21[NH2+][C@@H](Cc2ccccc2)[C@H]2C(=O)N(C3CCCCCC3)C(=O)[C@H]21. The number of hydrogen-bond acceptors (Lipinski definition) is 3. The third-order valence-corrected chi connectivity index (χ3v) is 9.11. The minimum absolute atomic E-state index is 0.0405. The molecule has 182 valence electrons. The minimum Gasteiger partial charge on any atom is -0.326 e. The first-order valence-corrected chi connectivity index (χ1v) is 13.1. The van der Waals surface area contributed by atoms with Crippen molar-refractivity contribution in [2.45, 2.75) is 76.4 Å². The van der Waals surface area contributed by atoms with E-state index in [9.17, 15) is 14.4 Å². The van der Waals surface area contributed by atoms with Crippen molar-refractivity contribution >= 4 is 23.4 Å². The molecule has 2 saturated heterocycles. The fourth-order valence-electron chi connectivity index (χ4n) is 7.25. The summed E-state index contributed by atoms with van der Waals surface area (Å²) in [7, 11) is 0. The van der Waals surface area contributed by atoms with E-state index in [-0.39, 0.29) is 29.8 Å². The molecule has 2 aromatic carbocycles. The number of benzene rings is 2. The first-order valence-electron chi connectivity index (χ1n) is 13.1. The number of nitrogens with zero attached hydrogens (tertiary/aromatic N) is 1. The van der Waals surface area contributed by atoms with Gasteiger partial charge in [-0.3, -0.25) is 19.3 Å². The summed E-state index contributed by atoms with van der Waals surface area (Å²) in [6, 6.07) is 13.9. The number of carbonyl (C=O) groups is 3. The smallest absolute Gasteiger partial charge is 0.291 e. The normalized spacial score (nSPS) is 30.5. The van der Waals surface area contributed by atoms with Gasteiger partial charge in [-0.1, -0.05) is 62.1 Å². The van der Waals surface area contributed by atoms with Crippen molar-refractivity contribution in [3.63, 3.8) is 0 Å². The zero-order chi connectivity index (χ0) is 24.3. The van der Waals surface area contributed by atoms with Crippen LogP contribution < -0.4 is 10.6 Å². The minimum atomic E-state index is -1.09. The van der Waals surface area contributed by atoms with Crippen LogP contribution in [0.2, 0.25) is 0 Å². The molecule has 6 heteroatoms. The van der Waals surface area contributed by atoms with E-state index in [2.05, 4.69) is 22.8 Å². The van der Waals surface area contributed by atoms with Crippen LogP contribution in [0.5, 0.6) is 0 Å². The Labute approximate surface area is 206 Å². The zero-order valence-corrected chi connectivity index (χ0v) is 20.5. The van der Waals surface area contributed by atoms with E-state index in [1.165, 1.54) is 0 Å². The number of aryl methyl sites for hydroxylation is 1. The molecule has 3 heterocycles. The maximum absolute atomic E-state index is 14.2. The average Bonchev–Trinajstić information content (AvgIpc) is 3.31. The van der Waals surface area contributed by atoms with Gasteiger partial charge in [0.2, 0.25) is 17.4 Å². The van der Waals surface area contributed by atoms with Crippen LogP contribution in [0.1, 0.15) is 60.8 Å². The quantitative estimate of drug-likeness (QED) is 0.532. The molecule has 0 radical (unpaired) electrons. The maximum Gasteiger partial charge on any atom is 0.291 e. The molecule has 6 nitrogen and oxygen atoms in total. The van der Waals surface area contributed by atoms with Crippen LogP contribution >= 0.6 is 0 Å². The van der Waals surface area contributed by atoms with Crippen LogP contribution in [0.3, 0.4) is 0 Å². The van der Waals surface area contributed by atoms with Gasteiger partial charge >= 0.3 is 0 Å². The van der Waals surface area contributed by atoms with Crippen LogP contribution in [0, 0.1) is 25.7 Å². The van der Waals surface area contributed by atoms with Gasteiger partial charge in [-0.15, -0.1) is 0 Å². The standard InChI is InChI=1S/C29H33N3O3/c1-17-14-15-21-25(18(17)2)30-28(35)29(21)24-23(22(31-29)16-19-10-6-5-7-11-19)26(33)32(27(24)34)20-12-8-3-4-9-13-20/h5-7,10-11,14-15,20,22-24,31H,3-4,8-9,12-13,16H2,1-2H3,(H,30,35)/p+1/t22-,23+,24-,29-/m0/s1. The van der Waals surface area contributed by atoms with Crippen molar-refractivity contribution in [1.82, 2.24) is 4.90 Å². The number of anilines is 1. The highest BCUT2D eigenvalue weighted by Gasteiger charge is 2.74. The molecule has 1 spiro atoms. The molecule has 3 amide bonds. The van der Waals surface area contributed by atoms with Crippen LogP contribution in [0.4, 0.5) is 5.69 Å². The van der Waals surface area contributed by atoms with Crippen LogP contribution in [-0.2, 0) is 26.3 Å². The number of hydrogen-bond donors (Lipinski definition) is 2. The molecule has 1 aliphatic carbocycles. The highest BCUT2D eigenvalue weighted by Crippen LogP contribution is 2.51. The summed E-state index contributed by atoms with van der Waals surface area (Å²) in [4.78, 5) is 43.6. The van der Waals surface area contributed by atoms with E-state index < -0.39 is 17.4 Å². The number of amides is 3. The first-order chi connectivity index (χ1) is 16.9. The van der Waals surface area contributed by atoms with Crippen molar-refractivity contribution in [1.29, 1.82) is 0 Å². The van der Waals surface area contributed by atoms with Crippen molar-refractivity contribution in [2.24, 2.45) is 11.8 Å². The third-order valence-electron chi connectivity index (χ3n) is 9.11. The number of fused-ring (bicyclic) bond motifs is 4. The molecule has 3 aliphatic heterocycles. The van der Waals surface area contributed by atoms with Crippen molar-refractivity contribution < 1.29 is 19.7 Å². The number of rotatable bonds is 3. The summed E-state index contributed by atoms with van der Waals surface area (Å²) >= 11 is 0. The Morgan fingerprint density at radius 1 is 0.943 bits per heavy atom. The van der Waals surface area contributed by atoms with Gasteiger partial charge in [0.1, 0.15) is 17.9 Å². The van der Waals surface area contributed by atoms with Gasteiger partial charge in [0, 0.05) is 18.0 Å². The first kappa shape index (κ1) is 22.5. The maximum atomic E-state index is 14.2. The second-order valence-corrected chi connectivity index (χ2v) is 11.0.